The average molecular weight is 264 g/mol. The highest BCUT2D eigenvalue weighted by Crippen LogP contribution is 2.14. The summed E-state index contributed by atoms with van der Waals surface area (Å²) >= 11 is 0. The molecule has 6 heteroatoms. The number of aromatic hydroxyl groups is 1. The molecule has 0 radical (unpaired) electrons. The third kappa shape index (κ3) is 5.58. The van der Waals surface area contributed by atoms with Crippen LogP contribution < -0.4 is 10.6 Å². The quantitative estimate of drug-likeness (QED) is 0.482. The van der Waals surface area contributed by atoms with Gasteiger partial charge in [0.25, 0.3) is 0 Å². The maximum atomic E-state index is 11.5. The van der Waals surface area contributed by atoms with Gasteiger partial charge >= 0.3 is 12.0 Å². The van der Waals surface area contributed by atoms with E-state index >= 15 is 0 Å². The number of carboxylic acid groups (broad SMARTS) is 1. The molecule has 0 unspecified atom stereocenters. The molecule has 2 amide bonds. The first-order chi connectivity index (χ1) is 8.99. The minimum absolute atomic E-state index is 0.0674. The van der Waals surface area contributed by atoms with Gasteiger partial charge in [-0.1, -0.05) is 12.1 Å². The van der Waals surface area contributed by atoms with Gasteiger partial charge in [-0.25, -0.2) is 9.59 Å². The Hall–Kier alpha value is -2.50. The number of amides is 2. The standard InChI is InChI=1S/C13H16N2O4/c1-9(12(17)18)4-3-7-14-13(19)15-10-5-2-6-11(16)8-10/h2,4-6,8,16H,3,7H2,1H3,(H,17,18)(H2,14,15,19)/b9-4+. The minimum Gasteiger partial charge on any atom is -0.508 e. The number of nitrogens with one attached hydrogen (secondary N) is 2. The predicted molar refractivity (Wildman–Crippen MR) is 71.1 cm³/mol. The van der Waals surface area contributed by atoms with Crippen LogP contribution in [0, 0.1) is 0 Å². The highest BCUT2D eigenvalue weighted by Gasteiger charge is 2.02. The number of aliphatic carboxylic acids is 1. The van der Waals surface area contributed by atoms with E-state index in [1.54, 1.807) is 12.1 Å². The van der Waals surface area contributed by atoms with Crippen molar-refractivity contribution in [1.82, 2.24) is 5.32 Å². The van der Waals surface area contributed by atoms with Crippen LogP contribution in [-0.2, 0) is 4.79 Å². The van der Waals surface area contributed by atoms with Crippen LogP contribution in [0.25, 0.3) is 0 Å². The van der Waals surface area contributed by atoms with E-state index in [0.717, 1.165) is 0 Å². The minimum atomic E-state index is -0.968. The second-order valence-corrected chi connectivity index (χ2v) is 3.91. The molecule has 1 rings (SSSR count). The lowest BCUT2D eigenvalue weighted by Gasteiger charge is -2.06. The summed E-state index contributed by atoms with van der Waals surface area (Å²) in [6.45, 7) is 1.82. The Balaban J connectivity index is 2.33. The molecule has 0 aliphatic carbocycles. The molecular formula is C13H16N2O4. The topological polar surface area (TPSA) is 98.7 Å². The van der Waals surface area contributed by atoms with Crippen molar-refractivity contribution < 1.29 is 19.8 Å². The molecule has 6 nitrogen and oxygen atoms in total. The van der Waals surface area contributed by atoms with Gasteiger partial charge in [0, 0.05) is 23.9 Å². The van der Waals surface area contributed by atoms with Crippen LogP contribution in [-0.4, -0.2) is 28.8 Å². The van der Waals surface area contributed by atoms with E-state index in [9.17, 15) is 14.7 Å². The summed E-state index contributed by atoms with van der Waals surface area (Å²) in [6.07, 6.45) is 1.97. The van der Waals surface area contributed by atoms with Gasteiger partial charge in [-0.15, -0.1) is 0 Å². The molecule has 0 heterocycles. The molecule has 0 saturated carbocycles. The number of carbonyl (C=O) groups is 2. The summed E-state index contributed by atoms with van der Waals surface area (Å²) in [5.74, 6) is -0.901. The van der Waals surface area contributed by atoms with Crippen molar-refractivity contribution in [2.75, 3.05) is 11.9 Å². The van der Waals surface area contributed by atoms with Gasteiger partial charge in [-0.3, -0.25) is 0 Å². The molecule has 0 saturated heterocycles. The van der Waals surface area contributed by atoms with Crippen LogP contribution >= 0.6 is 0 Å². The van der Waals surface area contributed by atoms with Gasteiger partial charge in [0.15, 0.2) is 0 Å². The lowest BCUT2D eigenvalue weighted by atomic mass is 10.2. The number of carboxylic acids is 1. The number of hydrogen-bond donors (Lipinski definition) is 4. The summed E-state index contributed by atoms with van der Waals surface area (Å²) in [5, 5.41) is 23.0. The van der Waals surface area contributed by atoms with Gasteiger partial charge in [-0.2, -0.15) is 0 Å². The van der Waals surface area contributed by atoms with Crippen LogP contribution in [0.4, 0.5) is 10.5 Å². The zero-order valence-electron chi connectivity index (χ0n) is 10.5. The van der Waals surface area contributed by atoms with Gasteiger partial charge in [0.1, 0.15) is 5.75 Å². The molecular weight excluding hydrogens is 248 g/mol. The number of rotatable bonds is 5. The van der Waals surface area contributed by atoms with Crippen molar-refractivity contribution in [3.63, 3.8) is 0 Å². The second kappa shape index (κ2) is 7.05. The Morgan fingerprint density at radius 3 is 2.74 bits per heavy atom. The molecule has 102 valence electrons. The Bertz CT molecular complexity index is 497. The fraction of sp³-hybridized carbons (Fsp3) is 0.231. The molecule has 0 fully saturated rings. The second-order valence-electron chi connectivity index (χ2n) is 3.91. The van der Waals surface area contributed by atoms with E-state index in [-0.39, 0.29) is 11.3 Å². The highest BCUT2D eigenvalue weighted by molar-refractivity contribution is 5.89. The molecule has 0 spiro atoms. The number of anilines is 1. The number of carbonyl (C=O) groups excluding carboxylic acids is 1. The zero-order chi connectivity index (χ0) is 14.3. The molecule has 0 aliphatic heterocycles. The maximum Gasteiger partial charge on any atom is 0.330 e. The van der Waals surface area contributed by atoms with Crippen LogP contribution in [0.5, 0.6) is 5.75 Å². The van der Waals surface area contributed by atoms with E-state index < -0.39 is 12.0 Å². The van der Waals surface area contributed by atoms with Crippen LogP contribution in [0.1, 0.15) is 13.3 Å². The third-order valence-corrected chi connectivity index (χ3v) is 2.32. The Labute approximate surface area is 110 Å². The summed E-state index contributed by atoms with van der Waals surface area (Å²) in [6, 6.07) is 5.78. The van der Waals surface area contributed by atoms with Crippen molar-refractivity contribution in [3.8, 4) is 5.75 Å². The van der Waals surface area contributed by atoms with Crippen molar-refractivity contribution in [2.24, 2.45) is 0 Å². The molecule has 0 aromatic heterocycles. The van der Waals surface area contributed by atoms with E-state index in [1.807, 2.05) is 0 Å². The number of urea groups is 1. The van der Waals surface area contributed by atoms with Gasteiger partial charge in [-0.05, 0) is 25.5 Å². The van der Waals surface area contributed by atoms with Crippen LogP contribution in [0.2, 0.25) is 0 Å². The summed E-state index contributed by atoms with van der Waals surface area (Å²) in [4.78, 5) is 22.0. The maximum absolute atomic E-state index is 11.5. The van der Waals surface area contributed by atoms with Crippen LogP contribution in [0.3, 0.4) is 0 Å². The third-order valence-electron chi connectivity index (χ3n) is 2.32. The molecule has 4 N–H and O–H groups in total. The molecule has 0 atom stereocenters. The first-order valence-corrected chi connectivity index (χ1v) is 5.73. The fourth-order valence-corrected chi connectivity index (χ4v) is 1.32. The SMILES string of the molecule is C/C(=C\CCNC(=O)Nc1cccc(O)c1)C(=O)O. The van der Waals surface area contributed by atoms with Crippen molar-refractivity contribution in [1.29, 1.82) is 0 Å². The zero-order valence-corrected chi connectivity index (χ0v) is 10.5. The number of hydrogen-bond acceptors (Lipinski definition) is 3. The molecule has 1 aromatic carbocycles. The predicted octanol–water partition coefficient (Wildman–Crippen LogP) is 1.93. The average Bonchev–Trinajstić information content (AvgIpc) is 2.34. The largest absolute Gasteiger partial charge is 0.508 e. The molecule has 1 aromatic rings. The van der Waals surface area contributed by atoms with Crippen molar-refractivity contribution in [2.45, 2.75) is 13.3 Å². The lowest BCUT2D eigenvalue weighted by molar-refractivity contribution is -0.132. The van der Waals surface area contributed by atoms with Gasteiger partial charge in [0.05, 0.1) is 0 Å². The number of phenols is 1. The lowest BCUT2D eigenvalue weighted by Crippen LogP contribution is -2.29. The van der Waals surface area contributed by atoms with Gasteiger partial charge < -0.3 is 20.8 Å². The number of benzene rings is 1. The summed E-state index contributed by atoms with van der Waals surface area (Å²) in [7, 11) is 0. The first kappa shape index (κ1) is 14.6. The van der Waals surface area contributed by atoms with Crippen molar-refractivity contribution in [3.05, 3.63) is 35.9 Å². The monoisotopic (exact) mass is 264 g/mol. The van der Waals surface area contributed by atoms with E-state index in [0.29, 0.717) is 18.7 Å². The summed E-state index contributed by atoms with van der Waals surface area (Å²) in [5.41, 5.74) is 0.727. The van der Waals surface area contributed by atoms with Crippen LogP contribution in [0.15, 0.2) is 35.9 Å². The summed E-state index contributed by atoms with van der Waals surface area (Å²) < 4.78 is 0. The Kier molecular flexibility index (Phi) is 5.40. The smallest absolute Gasteiger partial charge is 0.330 e. The highest BCUT2D eigenvalue weighted by atomic mass is 16.4. The Morgan fingerprint density at radius 1 is 1.37 bits per heavy atom. The molecule has 0 aliphatic rings. The fourth-order valence-electron chi connectivity index (χ4n) is 1.32. The van der Waals surface area contributed by atoms with E-state index in [1.165, 1.54) is 25.1 Å². The van der Waals surface area contributed by atoms with E-state index in [4.69, 9.17) is 5.11 Å². The first-order valence-electron chi connectivity index (χ1n) is 5.73. The van der Waals surface area contributed by atoms with E-state index in [2.05, 4.69) is 10.6 Å². The van der Waals surface area contributed by atoms with Crippen molar-refractivity contribution >= 4 is 17.7 Å². The van der Waals surface area contributed by atoms with Gasteiger partial charge in [0.2, 0.25) is 0 Å². The Morgan fingerprint density at radius 2 is 2.11 bits per heavy atom. The molecule has 19 heavy (non-hydrogen) atoms. The molecule has 0 bridgehead atoms. The number of phenolic OH excluding ortho intramolecular Hbond substituents is 1. The normalized spacial score (nSPS) is 10.9.